The molecule has 2 rings (SSSR count). The third-order valence-corrected chi connectivity index (χ3v) is 4.43. The highest BCUT2D eigenvalue weighted by molar-refractivity contribution is 6.30. The van der Waals surface area contributed by atoms with Gasteiger partial charge in [-0.3, -0.25) is 10.9 Å². The van der Waals surface area contributed by atoms with Crippen LogP contribution in [0.15, 0.2) is 40.5 Å². The number of nitrogens with zero attached hydrogens (tertiary/aromatic N) is 2. The Balaban J connectivity index is 2.15. The van der Waals surface area contributed by atoms with Crippen LogP contribution in [0.4, 0.5) is 11.4 Å². The zero-order valence-electron chi connectivity index (χ0n) is 16.2. The standard InChI is InChI=1S/C21H26N6/c1-14-5-6-15(2)21(17(14)4)27-25-19(13-23)12-18-7-8-20(16(3)11-18)26-24-10-9-22/h5-11,13,22-23,26-27H,12H2,1-4H3/b22-9?,23-13?,24-10-,25-19+. The SMILES string of the molecule is Cc1cc(C/C(C=N)=N\Nc2c(C)ccc(C)c2C)ccc1N/N=C\C=N. The first kappa shape index (κ1) is 20.0. The Labute approximate surface area is 160 Å². The van der Waals surface area contributed by atoms with E-state index in [9.17, 15) is 0 Å². The molecule has 0 aliphatic heterocycles. The summed E-state index contributed by atoms with van der Waals surface area (Å²) in [6, 6.07) is 10.1. The monoisotopic (exact) mass is 362 g/mol. The molecular formula is C21H26N6. The number of anilines is 2. The van der Waals surface area contributed by atoms with E-state index in [2.05, 4.69) is 47.0 Å². The molecule has 27 heavy (non-hydrogen) atoms. The van der Waals surface area contributed by atoms with Crippen molar-refractivity contribution in [3.05, 3.63) is 58.1 Å². The Morgan fingerprint density at radius 3 is 2.37 bits per heavy atom. The van der Waals surface area contributed by atoms with Crippen molar-refractivity contribution in [3.8, 4) is 0 Å². The lowest BCUT2D eigenvalue weighted by atomic mass is 10.0. The van der Waals surface area contributed by atoms with Gasteiger partial charge in [-0.2, -0.15) is 10.2 Å². The van der Waals surface area contributed by atoms with Crippen molar-refractivity contribution >= 4 is 35.7 Å². The maximum Gasteiger partial charge on any atom is 0.0826 e. The lowest BCUT2D eigenvalue weighted by Crippen LogP contribution is -2.09. The second kappa shape index (κ2) is 9.43. The number of benzene rings is 2. The largest absolute Gasteiger partial charge is 0.307 e. The molecule has 6 nitrogen and oxygen atoms in total. The van der Waals surface area contributed by atoms with Gasteiger partial charge in [-0.05, 0) is 61.6 Å². The van der Waals surface area contributed by atoms with Crippen molar-refractivity contribution in [2.24, 2.45) is 10.2 Å². The normalized spacial score (nSPS) is 11.5. The van der Waals surface area contributed by atoms with Crippen molar-refractivity contribution in [2.45, 2.75) is 34.1 Å². The van der Waals surface area contributed by atoms with Crippen molar-refractivity contribution in [1.29, 1.82) is 10.8 Å². The average molecular weight is 362 g/mol. The van der Waals surface area contributed by atoms with Crippen LogP contribution in [0.2, 0.25) is 0 Å². The lowest BCUT2D eigenvalue weighted by molar-refractivity contribution is 1.21. The van der Waals surface area contributed by atoms with E-state index in [1.165, 1.54) is 23.6 Å². The van der Waals surface area contributed by atoms with Crippen LogP contribution in [0.1, 0.15) is 27.8 Å². The van der Waals surface area contributed by atoms with Gasteiger partial charge in [-0.25, -0.2) is 0 Å². The van der Waals surface area contributed by atoms with Gasteiger partial charge >= 0.3 is 0 Å². The summed E-state index contributed by atoms with van der Waals surface area (Å²) < 4.78 is 0. The summed E-state index contributed by atoms with van der Waals surface area (Å²) in [5.41, 5.74) is 14.2. The predicted octanol–water partition coefficient (Wildman–Crippen LogP) is 4.63. The quantitative estimate of drug-likeness (QED) is 0.407. The molecule has 0 aliphatic carbocycles. The van der Waals surface area contributed by atoms with Crippen LogP contribution in [-0.4, -0.2) is 24.4 Å². The highest BCUT2D eigenvalue weighted by Crippen LogP contribution is 2.23. The second-order valence-electron chi connectivity index (χ2n) is 6.44. The summed E-state index contributed by atoms with van der Waals surface area (Å²) in [5.74, 6) is 0. The Morgan fingerprint density at radius 1 is 0.963 bits per heavy atom. The van der Waals surface area contributed by atoms with Crippen molar-refractivity contribution < 1.29 is 0 Å². The molecule has 0 atom stereocenters. The predicted molar refractivity (Wildman–Crippen MR) is 116 cm³/mol. The molecular weight excluding hydrogens is 336 g/mol. The van der Waals surface area contributed by atoms with Crippen molar-refractivity contribution in [3.63, 3.8) is 0 Å². The number of hydrogen-bond donors (Lipinski definition) is 4. The fourth-order valence-corrected chi connectivity index (χ4v) is 2.69. The van der Waals surface area contributed by atoms with E-state index in [0.29, 0.717) is 12.1 Å². The zero-order chi connectivity index (χ0) is 19.8. The van der Waals surface area contributed by atoms with E-state index in [-0.39, 0.29) is 0 Å². The van der Waals surface area contributed by atoms with E-state index in [1.54, 1.807) is 0 Å². The molecule has 0 spiro atoms. The number of hydrogen-bond acceptors (Lipinski definition) is 6. The first-order chi connectivity index (χ1) is 13.0. The molecule has 0 bridgehead atoms. The molecule has 4 N–H and O–H groups in total. The minimum atomic E-state index is 0.561. The molecule has 0 aromatic heterocycles. The van der Waals surface area contributed by atoms with Gasteiger partial charge in [0.05, 0.1) is 23.3 Å². The van der Waals surface area contributed by atoms with Crippen LogP contribution in [0.5, 0.6) is 0 Å². The molecule has 0 heterocycles. The summed E-state index contributed by atoms with van der Waals surface area (Å²) in [5, 5.41) is 23.0. The van der Waals surface area contributed by atoms with Gasteiger partial charge in [0.15, 0.2) is 0 Å². The van der Waals surface area contributed by atoms with E-state index in [4.69, 9.17) is 10.8 Å². The van der Waals surface area contributed by atoms with Gasteiger partial charge in [0.1, 0.15) is 0 Å². The molecule has 2 aromatic rings. The Hall–Kier alpha value is -3.28. The Morgan fingerprint density at radius 2 is 1.70 bits per heavy atom. The molecule has 2 aromatic carbocycles. The van der Waals surface area contributed by atoms with Crippen LogP contribution in [-0.2, 0) is 6.42 Å². The van der Waals surface area contributed by atoms with E-state index >= 15 is 0 Å². The number of rotatable bonds is 8. The van der Waals surface area contributed by atoms with Gasteiger partial charge < -0.3 is 10.8 Å². The van der Waals surface area contributed by atoms with Crippen LogP contribution < -0.4 is 10.9 Å². The molecule has 0 saturated heterocycles. The van der Waals surface area contributed by atoms with Crippen LogP contribution in [0, 0.1) is 38.5 Å². The third kappa shape index (κ3) is 5.34. The molecule has 6 heteroatoms. The van der Waals surface area contributed by atoms with Gasteiger partial charge in [-0.1, -0.05) is 24.3 Å². The number of nitrogens with one attached hydrogen (secondary N) is 4. The smallest absolute Gasteiger partial charge is 0.0826 e. The van der Waals surface area contributed by atoms with Crippen LogP contribution in [0.3, 0.4) is 0 Å². The minimum Gasteiger partial charge on any atom is -0.307 e. The maximum atomic E-state index is 7.68. The van der Waals surface area contributed by atoms with E-state index in [0.717, 1.165) is 34.3 Å². The topological polar surface area (TPSA) is 96.5 Å². The van der Waals surface area contributed by atoms with Gasteiger partial charge in [0, 0.05) is 18.9 Å². The fourth-order valence-electron chi connectivity index (χ4n) is 2.69. The first-order valence-corrected chi connectivity index (χ1v) is 8.73. The maximum absolute atomic E-state index is 7.68. The summed E-state index contributed by atoms with van der Waals surface area (Å²) in [4.78, 5) is 0. The molecule has 0 unspecified atom stereocenters. The van der Waals surface area contributed by atoms with Gasteiger partial charge in [0.2, 0.25) is 0 Å². The summed E-state index contributed by atoms with van der Waals surface area (Å²) in [6.07, 6.45) is 4.34. The molecule has 140 valence electrons. The van der Waals surface area contributed by atoms with E-state index < -0.39 is 0 Å². The van der Waals surface area contributed by atoms with Crippen LogP contribution >= 0.6 is 0 Å². The van der Waals surface area contributed by atoms with Gasteiger partial charge in [0.25, 0.3) is 0 Å². The third-order valence-electron chi connectivity index (χ3n) is 4.43. The first-order valence-electron chi connectivity index (χ1n) is 8.73. The molecule has 0 amide bonds. The van der Waals surface area contributed by atoms with E-state index in [1.807, 2.05) is 32.0 Å². The highest BCUT2D eigenvalue weighted by atomic mass is 15.3. The second-order valence-corrected chi connectivity index (χ2v) is 6.44. The van der Waals surface area contributed by atoms with Crippen molar-refractivity contribution in [1.82, 2.24) is 0 Å². The summed E-state index contributed by atoms with van der Waals surface area (Å²) >= 11 is 0. The minimum absolute atomic E-state index is 0.561. The average Bonchev–Trinajstić information content (AvgIpc) is 2.65. The summed E-state index contributed by atoms with van der Waals surface area (Å²) in [6.45, 7) is 8.18. The Bertz CT molecular complexity index is 896. The summed E-state index contributed by atoms with van der Waals surface area (Å²) in [7, 11) is 0. The molecule has 0 fully saturated rings. The van der Waals surface area contributed by atoms with Crippen LogP contribution in [0.25, 0.3) is 0 Å². The van der Waals surface area contributed by atoms with Gasteiger partial charge in [-0.15, -0.1) is 0 Å². The Kier molecular flexibility index (Phi) is 7.00. The zero-order valence-corrected chi connectivity index (χ0v) is 16.2. The lowest BCUT2D eigenvalue weighted by Gasteiger charge is -2.12. The molecule has 0 radical (unpaired) electrons. The molecule has 0 saturated carbocycles. The number of aryl methyl sites for hydroxylation is 3. The fraction of sp³-hybridized carbons (Fsp3) is 0.238. The van der Waals surface area contributed by atoms with Crippen molar-refractivity contribution in [2.75, 3.05) is 10.9 Å². The number of hydrazone groups is 2. The molecule has 0 aliphatic rings. The highest BCUT2D eigenvalue weighted by Gasteiger charge is 2.06.